The molecule has 2 aromatic carbocycles. The molecule has 0 bridgehead atoms. The van der Waals surface area contributed by atoms with Crippen LogP contribution in [0.3, 0.4) is 0 Å². The molecule has 33 nitrogen and oxygen atoms in total. The Morgan fingerprint density at radius 3 is 1.67 bits per heavy atom. The molecule has 2 aliphatic rings. The lowest BCUT2D eigenvalue weighted by atomic mass is 9.90. The van der Waals surface area contributed by atoms with Gasteiger partial charge in [-0.1, -0.05) is 77.5 Å². The molecule has 0 spiro atoms. The van der Waals surface area contributed by atoms with E-state index in [4.69, 9.17) is 10.2 Å². The molecule has 104 heavy (non-hydrogen) atoms. The van der Waals surface area contributed by atoms with Crippen LogP contribution in [-0.4, -0.2) is 251 Å². The second-order valence-electron chi connectivity index (χ2n) is 28.0. The fourth-order valence-corrected chi connectivity index (χ4v) is 12.0. The first-order chi connectivity index (χ1) is 49.1. The molecule has 0 aromatic heterocycles. The Morgan fingerprint density at radius 2 is 1.11 bits per heavy atom. The number of fused-ring (bicyclic) bond motifs is 1. The van der Waals surface area contributed by atoms with Crippen LogP contribution in [0.15, 0.2) is 48.5 Å². The Bertz CT molecular complexity index is 3170. The third-order valence-corrected chi connectivity index (χ3v) is 18.5. The average Bonchev–Trinajstić information content (AvgIpc) is 1.62. The van der Waals surface area contributed by atoms with E-state index in [2.05, 4.69) is 42.1 Å². The van der Waals surface area contributed by atoms with Crippen LogP contribution in [0.2, 0.25) is 0 Å². The maximum atomic E-state index is 14.5. The summed E-state index contributed by atoms with van der Waals surface area (Å²) in [4.78, 5) is 164. The normalized spacial score (nSPS) is 17.6. The number of anilines is 3. The smallest absolute Gasteiger partial charge is 0.319 e. The number of benzene rings is 2. The number of carbonyl (C=O) groups is 12. The minimum Gasteiger partial charge on any atom is -0.481 e. The molecule has 4 rings (SSSR count). The quantitative estimate of drug-likeness (QED) is 0.0374. The van der Waals surface area contributed by atoms with Crippen molar-refractivity contribution in [2.24, 2.45) is 17.3 Å². The van der Waals surface area contributed by atoms with Crippen molar-refractivity contribution in [2.75, 3.05) is 61.1 Å². The number of nitrogens with one attached hydrogen (secondary N) is 7. The van der Waals surface area contributed by atoms with Gasteiger partial charge in [-0.25, -0.2) is 4.79 Å². The number of ketones is 3. The highest BCUT2D eigenvalue weighted by atomic mass is 16.4. The number of rotatable bonds is 47. The molecule has 19 N–H and O–H groups in total. The van der Waals surface area contributed by atoms with Gasteiger partial charge in [-0.05, 0) is 88.6 Å². The van der Waals surface area contributed by atoms with E-state index in [1.165, 1.54) is 17.9 Å². The summed E-state index contributed by atoms with van der Waals surface area (Å²) in [7, 11) is 0. The lowest BCUT2D eigenvalue weighted by molar-refractivity contribution is -0.139. The van der Waals surface area contributed by atoms with Crippen LogP contribution in [0.4, 0.5) is 21.9 Å². The topological polar surface area (TPSA) is 538 Å². The summed E-state index contributed by atoms with van der Waals surface area (Å²) in [5.74, 6) is -11.2. The van der Waals surface area contributed by atoms with Gasteiger partial charge in [0.1, 0.15) is 48.4 Å². The molecule has 33 heteroatoms. The first-order valence-corrected chi connectivity index (χ1v) is 35.6. The highest BCUT2D eigenvalue weighted by Gasteiger charge is 2.40. The minimum absolute atomic E-state index is 0.0320. The van der Waals surface area contributed by atoms with E-state index in [1.54, 1.807) is 39.0 Å². The maximum Gasteiger partial charge on any atom is 0.319 e. The van der Waals surface area contributed by atoms with E-state index in [9.17, 15) is 109 Å². The molecule has 582 valence electrons. The number of aliphatic hydroxyl groups excluding tert-OH is 10. The predicted octanol–water partition coefficient (Wildman–Crippen LogP) is -0.417. The first-order valence-electron chi connectivity index (χ1n) is 35.6. The zero-order chi connectivity index (χ0) is 77.4. The SMILES string of the molecule is C[C@@H](CCC(=O)NC[C@H](O)[C@@H](O)[C@H](O)[C@H](O)CO)NC(=O)[C@@H](CCC(=O)O)CC(=O)[C@@H](CCC(=O)NC[C@H](O)[C@@H](O)[C@H](O)[C@H](O)CO)NC(=O)[C@@H](CCC(=O)O)CC(=O)CCCCCCCNC(=O)c1cccc(NC(=O)N[C@@H]2CN(C3CCCCC3)c3ccccc3N(CC(=O)C(C)(C)C)C2=O)c1. The van der Waals surface area contributed by atoms with Crippen molar-refractivity contribution >= 4 is 87.8 Å². The van der Waals surface area contributed by atoms with E-state index in [0.717, 1.165) is 37.8 Å². The van der Waals surface area contributed by atoms with Crippen LogP contribution in [0.1, 0.15) is 173 Å². The van der Waals surface area contributed by atoms with Crippen LogP contribution < -0.4 is 47.0 Å². The molecule has 8 amide bonds. The molecule has 1 aliphatic heterocycles. The summed E-state index contributed by atoms with van der Waals surface area (Å²) < 4.78 is 0. The van der Waals surface area contributed by atoms with E-state index < -0.39 is 220 Å². The molecule has 1 heterocycles. The summed E-state index contributed by atoms with van der Waals surface area (Å²) in [6.45, 7) is 3.87. The van der Waals surface area contributed by atoms with Gasteiger partial charge >= 0.3 is 18.0 Å². The number of carboxylic acids is 2. The highest BCUT2D eigenvalue weighted by molar-refractivity contribution is 6.08. The minimum atomic E-state index is -2.06. The van der Waals surface area contributed by atoms with Gasteiger partial charge in [0, 0.05) is 112 Å². The number of hydrogen-bond donors (Lipinski definition) is 19. The van der Waals surface area contributed by atoms with E-state index >= 15 is 0 Å². The number of aliphatic hydroxyl groups is 10. The number of nitrogens with zero attached hydrogens (tertiary/aromatic N) is 2. The van der Waals surface area contributed by atoms with Crippen LogP contribution in [0, 0.1) is 17.3 Å². The van der Waals surface area contributed by atoms with Crippen LogP contribution in [0.25, 0.3) is 0 Å². The van der Waals surface area contributed by atoms with Gasteiger partial charge in [-0.15, -0.1) is 0 Å². The summed E-state index contributed by atoms with van der Waals surface area (Å²) in [5, 5.41) is 135. The third-order valence-electron chi connectivity index (χ3n) is 18.5. The molecule has 0 unspecified atom stereocenters. The number of carboxylic acid groups (broad SMARTS) is 2. The Hall–Kier alpha value is -8.12. The molecule has 1 fully saturated rings. The molecule has 13 atom stereocenters. The van der Waals surface area contributed by atoms with E-state index in [-0.39, 0.29) is 68.4 Å². The Kier molecular flexibility index (Phi) is 37.9. The van der Waals surface area contributed by atoms with E-state index in [0.29, 0.717) is 37.8 Å². The number of carbonyl (C=O) groups excluding carboxylic acids is 10. The van der Waals surface area contributed by atoms with Gasteiger partial charge in [-0.3, -0.25) is 52.7 Å². The van der Waals surface area contributed by atoms with Crippen LogP contribution in [-0.2, 0) is 47.9 Å². The maximum absolute atomic E-state index is 14.5. The number of urea groups is 1. The Balaban J connectivity index is 1.35. The monoisotopic (exact) mass is 1470 g/mol. The van der Waals surface area contributed by atoms with E-state index in [1.807, 2.05) is 24.3 Å². The van der Waals surface area contributed by atoms with Gasteiger partial charge in [0.25, 0.3) is 11.8 Å². The lowest BCUT2D eigenvalue weighted by Gasteiger charge is -2.37. The summed E-state index contributed by atoms with van der Waals surface area (Å²) in [6.07, 6.45) is -12.5. The van der Waals surface area contributed by atoms with Gasteiger partial charge in [0.05, 0.1) is 49.4 Å². The largest absolute Gasteiger partial charge is 0.481 e. The zero-order valence-corrected chi connectivity index (χ0v) is 59.7. The molecule has 1 aliphatic carbocycles. The fraction of sp³-hybridized carbons (Fsp3) is 0.662. The Morgan fingerprint density at radius 1 is 0.577 bits per heavy atom. The van der Waals surface area contributed by atoms with Crippen molar-refractivity contribution in [3.05, 3.63) is 54.1 Å². The van der Waals surface area contributed by atoms with Crippen LogP contribution in [0.5, 0.6) is 0 Å². The second kappa shape index (κ2) is 44.6. The summed E-state index contributed by atoms with van der Waals surface area (Å²) in [6, 6.07) is 9.65. The third kappa shape index (κ3) is 30.2. The van der Waals surface area contributed by atoms with Gasteiger partial charge < -0.3 is 108 Å². The second-order valence-corrected chi connectivity index (χ2v) is 28.0. The van der Waals surface area contributed by atoms with Crippen molar-refractivity contribution in [3.63, 3.8) is 0 Å². The lowest BCUT2D eigenvalue weighted by Crippen LogP contribution is -2.55. The number of amides is 8. The van der Waals surface area contributed by atoms with Gasteiger partial charge in [0.15, 0.2) is 11.6 Å². The summed E-state index contributed by atoms with van der Waals surface area (Å²) >= 11 is 0. The van der Waals surface area contributed by atoms with Crippen molar-refractivity contribution in [3.8, 4) is 0 Å². The van der Waals surface area contributed by atoms with Crippen LogP contribution >= 0.6 is 0 Å². The molecule has 0 radical (unpaired) electrons. The molecule has 0 saturated heterocycles. The zero-order valence-electron chi connectivity index (χ0n) is 59.7. The van der Waals surface area contributed by atoms with Crippen molar-refractivity contribution < 1.29 is 119 Å². The fourth-order valence-electron chi connectivity index (χ4n) is 12.0. The molecular formula is C71H109N9O24. The van der Waals surface area contributed by atoms with Crippen molar-refractivity contribution in [1.82, 2.24) is 31.9 Å². The molecule has 1 saturated carbocycles. The average molecular weight is 1470 g/mol. The number of unbranched alkanes of at least 4 members (excludes halogenated alkanes) is 4. The molecule has 2 aromatic rings. The van der Waals surface area contributed by atoms with Gasteiger partial charge in [-0.2, -0.15) is 0 Å². The summed E-state index contributed by atoms with van der Waals surface area (Å²) in [5.41, 5.74) is 1.20. The van der Waals surface area contributed by atoms with Crippen molar-refractivity contribution in [2.45, 2.75) is 236 Å². The highest BCUT2D eigenvalue weighted by Crippen LogP contribution is 2.38. The predicted molar refractivity (Wildman–Crippen MR) is 376 cm³/mol. The number of hydrogen-bond acceptors (Lipinski definition) is 23. The van der Waals surface area contributed by atoms with Gasteiger partial charge in [0.2, 0.25) is 23.6 Å². The number of para-hydroxylation sites is 2. The standard InChI is InChI=1S/C71H109N9O24/c1-41(23-27-58(90)73-35-53(85)62(96)64(98)55(87)39-81)75-67(101)44(25-30-61(94)95)34-52(84)48(26-28-59(91)74-36-54(86)63(97)65(99)56(88)40-82)77-68(102)43(24-29-60(92)93)33-47(83)20-11-6-5-7-14-31-72-66(100)42-16-15-17-45(32-42)76-70(104)78-49-37-79(46-18-9-8-10-19-46)50-21-12-13-22-51(50)80(69(49)103)38-57(89)71(2,3)4/h12-13,15-17,21-22,32,41,43-44,46,48-49,53-56,62-65,81-82,85-88,96-99H,5-11,14,18-20,23-31,33-40H2,1-4H3,(H,72,100)(H,73,90)(H,74,91)(H,75,101)(H,77,102)(H,92,93)(H,94,95)(H2,76,78,104)/t41-,43-,44-,48+,49+,53-,54-,55+,56+,62+,63+,64+,65+/m0/s1. The number of aliphatic carboxylic acids is 2. The first kappa shape index (κ1) is 88.3. The number of Topliss-reactive ketones (excluding diaryl/α,β-unsaturated/α-hetero) is 3. The Labute approximate surface area is 604 Å². The molecular weight excluding hydrogens is 1360 g/mol. The van der Waals surface area contributed by atoms with Crippen molar-refractivity contribution in [1.29, 1.82) is 0 Å².